The molecule has 0 saturated heterocycles. The van der Waals surface area contributed by atoms with Crippen LogP contribution in [0.3, 0.4) is 0 Å². The zero-order valence-corrected chi connectivity index (χ0v) is 14.7. The molecule has 2 aromatic rings. The molecule has 5 rings (SSSR count). The van der Waals surface area contributed by atoms with Gasteiger partial charge in [-0.2, -0.15) is 5.10 Å². The molecule has 2 fully saturated rings. The maximum Gasteiger partial charge on any atom is 0.123 e. The zero-order valence-electron chi connectivity index (χ0n) is 14.7. The number of rotatable bonds is 4. The lowest BCUT2D eigenvalue weighted by Gasteiger charge is -2.23. The van der Waals surface area contributed by atoms with E-state index in [-0.39, 0.29) is 5.82 Å². The molecule has 1 N–H and O–H groups in total. The van der Waals surface area contributed by atoms with E-state index in [4.69, 9.17) is 5.10 Å². The van der Waals surface area contributed by atoms with Crippen LogP contribution in [-0.4, -0.2) is 15.8 Å². The molecular weight excluding hydrogens is 313 g/mol. The third-order valence-corrected chi connectivity index (χ3v) is 6.60. The molecule has 2 bridgehead atoms. The van der Waals surface area contributed by atoms with Crippen LogP contribution in [0.4, 0.5) is 4.39 Å². The number of hydrogen-bond acceptors (Lipinski definition) is 2. The van der Waals surface area contributed by atoms with Crippen LogP contribution in [0.1, 0.15) is 55.5 Å². The number of aromatic nitrogens is 2. The normalized spacial score (nSPS) is 27.6. The molecule has 3 nitrogen and oxygen atoms in total. The molecule has 3 aliphatic rings. The second kappa shape index (κ2) is 6.24. The minimum atomic E-state index is -0.192. The van der Waals surface area contributed by atoms with E-state index < -0.39 is 0 Å². The first-order valence-electron chi connectivity index (χ1n) is 9.87. The topological polar surface area (TPSA) is 29.9 Å². The Balaban J connectivity index is 1.40. The van der Waals surface area contributed by atoms with Crippen LogP contribution in [0.5, 0.6) is 0 Å². The fourth-order valence-corrected chi connectivity index (χ4v) is 5.34. The van der Waals surface area contributed by atoms with Crippen LogP contribution in [0.25, 0.3) is 5.69 Å². The Hall–Kier alpha value is -1.68. The number of nitrogens with one attached hydrogen (secondary N) is 1. The van der Waals surface area contributed by atoms with Gasteiger partial charge in [-0.25, -0.2) is 9.07 Å². The Morgan fingerprint density at radius 3 is 2.68 bits per heavy atom. The van der Waals surface area contributed by atoms with Crippen molar-refractivity contribution in [1.29, 1.82) is 0 Å². The predicted octanol–water partition coefficient (Wildman–Crippen LogP) is 4.17. The molecule has 0 aliphatic heterocycles. The molecule has 0 spiro atoms. The monoisotopic (exact) mass is 339 g/mol. The summed E-state index contributed by atoms with van der Waals surface area (Å²) in [6.45, 7) is 0.879. The fraction of sp³-hybridized carbons (Fsp3) is 0.571. The standard InChI is InChI=1S/C21H26FN3/c22-16-7-9-17(10-8-16)25-21-4-2-1-3-18(21)20(24-25)13-23-19-12-14-5-6-15(19)11-14/h7-10,14-15,19,23H,1-6,11-13H2. The van der Waals surface area contributed by atoms with Crippen molar-refractivity contribution < 1.29 is 4.39 Å². The van der Waals surface area contributed by atoms with Gasteiger partial charge in [-0.05, 0) is 86.6 Å². The first kappa shape index (κ1) is 15.6. The summed E-state index contributed by atoms with van der Waals surface area (Å²) in [5.74, 6) is 1.66. The molecule has 1 aromatic heterocycles. The number of hydrogen-bond donors (Lipinski definition) is 1. The highest BCUT2D eigenvalue weighted by Gasteiger charge is 2.39. The molecule has 1 aromatic carbocycles. The van der Waals surface area contributed by atoms with Crippen molar-refractivity contribution in [3.63, 3.8) is 0 Å². The Bertz CT molecular complexity index is 764. The van der Waals surface area contributed by atoms with Gasteiger partial charge in [0.25, 0.3) is 0 Å². The van der Waals surface area contributed by atoms with Gasteiger partial charge in [0.05, 0.1) is 11.4 Å². The predicted molar refractivity (Wildman–Crippen MR) is 96.2 cm³/mol. The minimum absolute atomic E-state index is 0.192. The Morgan fingerprint density at radius 2 is 1.92 bits per heavy atom. The summed E-state index contributed by atoms with van der Waals surface area (Å²) in [4.78, 5) is 0. The van der Waals surface area contributed by atoms with Crippen molar-refractivity contribution in [3.8, 4) is 5.69 Å². The van der Waals surface area contributed by atoms with Crippen LogP contribution < -0.4 is 5.32 Å². The molecule has 3 aliphatic carbocycles. The number of nitrogens with zero attached hydrogens (tertiary/aromatic N) is 2. The van der Waals surface area contributed by atoms with Gasteiger partial charge in [0, 0.05) is 18.3 Å². The highest BCUT2D eigenvalue weighted by molar-refractivity contribution is 5.39. The number of fused-ring (bicyclic) bond motifs is 3. The van der Waals surface area contributed by atoms with Gasteiger partial charge in [0.1, 0.15) is 5.82 Å². The van der Waals surface area contributed by atoms with Gasteiger partial charge < -0.3 is 5.32 Å². The van der Waals surface area contributed by atoms with Gasteiger partial charge in [-0.3, -0.25) is 0 Å². The molecule has 25 heavy (non-hydrogen) atoms. The third kappa shape index (κ3) is 2.80. The van der Waals surface area contributed by atoms with E-state index in [0.717, 1.165) is 36.9 Å². The van der Waals surface area contributed by atoms with E-state index in [9.17, 15) is 4.39 Å². The van der Waals surface area contributed by atoms with E-state index in [2.05, 4.69) is 10.00 Å². The molecule has 4 heteroatoms. The second-order valence-corrected chi connectivity index (χ2v) is 8.13. The van der Waals surface area contributed by atoms with Gasteiger partial charge >= 0.3 is 0 Å². The number of halogens is 1. The molecule has 2 saturated carbocycles. The van der Waals surface area contributed by atoms with Crippen LogP contribution in [-0.2, 0) is 19.4 Å². The molecule has 0 amide bonds. The fourth-order valence-electron chi connectivity index (χ4n) is 5.34. The average Bonchev–Trinajstić information content (AvgIpc) is 3.35. The lowest BCUT2D eigenvalue weighted by atomic mass is 9.94. The second-order valence-electron chi connectivity index (χ2n) is 8.13. The highest BCUT2D eigenvalue weighted by Crippen LogP contribution is 2.44. The summed E-state index contributed by atoms with van der Waals surface area (Å²) >= 11 is 0. The minimum Gasteiger partial charge on any atom is -0.308 e. The lowest BCUT2D eigenvalue weighted by Crippen LogP contribution is -2.33. The van der Waals surface area contributed by atoms with Crippen molar-refractivity contribution in [2.75, 3.05) is 0 Å². The highest BCUT2D eigenvalue weighted by atomic mass is 19.1. The summed E-state index contributed by atoms with van der Waals surface area (Å²) in [7, 11) is 0. The summed E-state index contributed by atoms with van der Waals surface area (Å²) in [5.41, 5.74) is 4.96. The number of benzene rings is 1. The van der Waals surface area contributed by atoms with Gasteiger partial charge in [-0.1, -0.05) is 6.42 Å². The van der Waals surface area contributed by atoms with E-state index in [1.54, 1.807) is 0 Å². The third-order valence-electron chi connectivity index (χ3n) is 6.60. The van der Waals surface area contributed by atoms with Crippen LogP contribution >= 0.6 is 0 Å². The van der Waals surface area contributed by atoms with Crippen molar-refractivity contribution in [2.24, 2.45) is 11.8 Å². The molecular formula is C21H26FN3. The molecule has 3 atom stereocenters. The molecule has 0 radical (unpaired) electrons. The average molecular weight is 339 g/mol. The largest absolute Gasteiger partial charge is 0.308 e. The van der Waals surface area contributed by atoms with Gasteiger partial charge in [0.15, 0.2) is 0 Å². The summed E-state index contributed by atoms with van der Waals surface area (Å²) in [6.07, 6.45) is 10.3. The van der Waals surface area contributed by atoms with E-state index in [1.165, 1.54) is 67.6 Å². The van der Waals surface area contributed by atoms with E-state index >= 15 is 0 Å². The van der Waals surface area contributed by atoms with Crippen LogP contribution in [0.15, 0.2) is 24.3 Å². The van der Waals surface area contributed by atoms with Crippen molar-refractivity contribution in [3.05, 3.63) is 47.0 Å². The van der Waals surface area contributed by atoms with Gasteiger partial charge in [-0.15, -0.1) is 0 Å². The quantitative estimate of drug-likeness (QED) is 0.906. The molecule has 3 unspecified atom stereocenters. The van der Waals surface area contributed by atoms with Crippen LogP contribution in [0.2, 0.25) is 0 Å². The van der Waals surface area contributed by atoms with Crippen molar-refractivity contribution in [2.45, 2.75) is 64.0 Å². The van der Waals surface area contributed by atoms with E-state index in [0.29, 0.717) is 6.04 Å². The SMILES string of the molecule is Fc1ccc(-n2nc(CNC3CC4CCC3C4)c3c2CCCC3)cc1. The zero-order chi connectivity index (χ0) is 16.8. The first-order valence-corrected chi connectivity index (χ1v) is 9.87. The Morgan fingerprint density at radius 1 is 1.08 bits per heavy atom. The van der Waals surface area contributed by atoms with Crippen molar-refractivity contribution >= 4 is 0 Å². The Labute approximate surface area is 148 Å². The summed E-state index contributed by atoms with van der Waals surface area (Å²) in [6, 6.07) is 7.42. The summed E-state index contributed by atoms with van der Waals surface area (Å²) in [5, 5.41) is 8.76. The van der Waals surface area contributed by atoms with E-state index in [1.807, 2.05) is 12.1 Å². The Kier molecular flexibility index (Phi) is 3.89. The summed E-state index contributed by atoms with van der Waals surface area (Å²) < 4.78 is 15.3. The lowest BCUT2D eigenvalue weighted by molar-refractivity contribution is 0.349. The molecule has 1 heterocycles. The smallest absolute Gasteiger partial charge is 0.123 e. The first-order chi connectivity index (χ1) is 12.3. The van der Waals surface area contributed by atoms with Crippen molar-refractivity contribution in [1.82, 2.24) is 15.1 Å². The van der Waals surface area contributed by atoms with Gasteiger partial charge in [0.2, 0.25) is 0 Å². The molecule has 132 valence electrons. The van der Waals surface area contributed by atoms with Crippen LogP contribution in [0, 0.1) is 17.7 Å². The maximum absolute atomic E-state index is 13.3. The maximum atomic E-state index is 13.3.